The van der Waals surface area contributed by atoms with E-state index in [1.54, 1.807) is 4.88 Å². The van der Waals surface area contributed by atoms with Gasteiger partial charge in [-0.2, -0.15) is 0 Å². The average molecular weight is 305 g/mol. The van der Waals surface area contributed by atoms with Gasteiger partial charge in [-0.05, 0) is 63.0 Å². The number of rotatable bonds is 7. The molecule has 21 heavy (non-hydrogen) atoms. The molecular weight excluding hydrogens is 278 g/mol. The minimum atomic E-state index is 0.361. The van der Waals surface area contributed by atoms with Gasteiger partial charge in [-0.25, -0.2) is 0 Å². The first-order valence-corrected chi connectivity index (χ1v) is 9.53. The maximum atomic E-state index is 6.22. The van der Waals surface area contributed by atoms with Crippen LogP contribution in [0.3, 0.4) is 0 Å². The van der Waals surface area contributed by atoms with Crippen molar-refractivity contribution in [3.05, 3.63) is 21.9 Å². The highest BCUT2D eigenvalue weighted by Crippen LogP contribution is 2.50. The predicted octanol–water partition coefficient (Wildman–Crippen LogP) is 3.79. The van der Waals surface area contributed by atoms with Gasteiger partial charge in [0.25, 0.3) is 0 Å². The van der Waals surface area contributed by atoms with E-state index < -0.39 is 0 Å². The third-order valence-electron chi connectivity index (χ3n) is 5.46. The molecule has 1 N–H and O–H groups in total. The fourth-order valence-electron chi connectivity index (χ4n) is 3.87. The van der Waals surface area contributed by atoms with E-state index in [0.29, 0.717) is 11.5 Å². The normalized spacial score (nSPS) is 32.7. The molecule has 2 saturated carbocycles. The molecule has 2 heterocycles. The highest BCUT2D eigenvalue weighted by molar-refractivity contribution is 7.11. The summed E-state index contributed by atoms with van der Waals surface area (Å²) in [7, 11) is 0. The van der Waals surface area contributed by atoms with E-state index in [-0.39, 0.29) is 0 Å². The summed E-state index contributed by atoms with van der Waals surface area (Å²) < 4.78 is 6.22. The Morgan fingerprint density at radius 2 is 2.05 bits per heavy atom. The van der Waals surface area contributed by atoms with Crippen LogP contribution in [-0.4, -0.2) is 25.3 Å². The second kappa shape index (κ2) is 5.68. The summed E-state index contributed by atoms with van der Waals surface area (Å²) in [6, 6.07) is 5.49. The van der Waals surface area contributed by atoms with Crippen molar-refractivity contribution in [1.29, 1.82) is 0 Å². The zero-order valence-corrected chi connectivity index (χ0v) is 13.9. The molecule has 0 bridgehead atoms. The Morgan fingerprint density at radius 3 is 2.71 bits per heavy atom. The third kappa shape index (κ3) is 3.06. The van der Waals surface area contributed by atoms with Crippen LogP contribution in [0.4, 0.5) is 0 Å². The fraction of sp³-hybridized carbons (Fsp3) is 0.778. The maximum absolute atomic E-state index is 6.22. The Morgan fingerprint density at radius 1 is 1.24 bits per heavy atom. The summed E-state index contributed by atoms with van der Waals surface area (Å²) in [5.41, 5.74) is 0.361. The highest BCUT2D eigenvalue weighted by Gasteiger charge is 2.51. The molecule has 0 spiro atoms. The zero-order valence-electron chi connectivity index (χ0n) is 13.1. The molecule has 1 saturated heterocycles. The van der Waals surface area contributed by atoms with Gasteiger partial charge < -0.3 is 10.1 Å². The van der Waals surface area contributed by atoms with Gasteiger partial charge >= 0.3 is 0 Å². The summed E-state index contributed by atoms with van der Waals surface area (Å²) in [5, 5.41) is 3.82. The van der Waals surface area contributed by atoms with Gasteiger partial charge in [0.2, 0.25) is 0 Å². The van der Waals surface area contributed by atoms with Crippen molar-refractivity contribution in [3.63, 3.8) is 0 Å². The smallest absolute Gasteiger partial charge is 0.0675 e. The van der Waals surface area contributed by atoms with E-state index in [9.17, 15) is 0 Å². The van der Waals surface area contributed by atoms with Crippen LogP contribution >= 0.6 is 11.3 Å². The van der Waals surface area contributed by atoms with Crippen LogP contribution in [-0.2, 0) is 17.6 Å². The number of hydrogen-bond acceptors (Lipinski definition) is 3. The quantitative estimate of drug-likeness (QED) is 0.827. The number of ether oxygens (including phenoxy) is 1. The molecule has 3 heteroatoms. The lowest BCUT2D eigenvalue weighted by molar-refractivity contribution is 0.0308. The number of nitrogens with one attached hydrogen (secondary N) is 1. The first-order chi connectivity index (χ1) is 10.3. The zero-order chi connectivity index (χ0) is 14.3. The van der Waals surface area contributed by atoms with Crippen LogP contribution in [0, 0.1) is 11.3 Å². The standard InChI is InChI=1S/C18H27NOS/c1-2-15-7-8-16(21-15)11-18(12-19-14-5-6-14)9-10-20-17(18)13-3-4-13/h7-8,13-14,17,19H,2-6,9-12H2,1H3. The summed E-state index contributed by atoms with van der Waals surface area (Å²) in [6.45, 7) is 4.39. The molecule has 3 fully saturated rings. The molecule has 2 unspecified atom stereocenters. The van der Waals surface area contributed by atoms with Crippen molar-refractivity contribution in [2.24, 2.45) is 11.3 Å². The molecule has 0 aromatic carbocycles. The Bertz CT molecular complexity index is 491. The van der Waals surface area contributed by atoms with Crippen LogP contribution in [0.25, 0.3) is 0 Å². The van der Waals surface area contributed by atoms with E-state index >= 15 is 0 Å². The second-order valence-electron chi connectivity index (χ2n) is 7.29. The van der Waals surface area contributed by atoms with E-state index in [4.69, 9.17) is 4.74 Å². The van der Waals surface area contributed by atoms with Crippen LogP contribution in [0.5, 0.6) is 0 Å². The van der Waals surface area contributed by atoms with E-state index in [0.717, 1.165) is 25.1 Å². The van der Waals surface area contributed by atoms with Gasteiger partial charge in [0.1, 0.15) is 0 Å². The third-order valence-corrected chi connectivity index (χ3v) is 6.69. The van der Waals surface area contributed by atoms with Gasteiger partial charge in [-0.3, -0.25) is 0 Å². The lowest BCUT2D eigenvalue weighted by atomic mass is 9.75. The highest BCUT2D eigenvalue weighted by atomic mass is 32.1. The van der Waals surface area contributed by atoms with Gasteiger partial charge in [0, 0.05) is 34.4 Å². The first kappa shape index (κ1) is 14.2. The molecule has 2 aliphatic carbocycles. The maximum Gasteiger partial charge on any atom is 0.0675 e. The minimum Gasteiger partial charge on any atom is -0.377 e. The SMILES string of the molecule is CCc1ccc(CC2(CNC3CC3)CCOC2C2CC2)s1. The van der Waals surface area contributed by atoms with E-state index in [2.05, 4.69) is 24.4 Å². The first-order valence-electron chi connectivity index (χ1n) is 8.72. The molecule has 0 radical (unpaired) electrons. The van der Waals surface area contributed by atoms with Crippen LogP contribution in [0.1, 0.15) is 48.8 Å². The molecule has 116 valence electrons. The Balaban J connectivity index is 1.52. The molecule has 1 aromatic rings. The number of thiophene rings is 1. The van der Waals surface area contributed by atoms with Gasteiger partial charge in [0.05, 0.1) is 6.10 Å². The molecule has 4 rings (SSSR count). The van der Waals surface area contributed by atoms with Gasteiger partial charge in [0.15, 0.2) is 0 Å². The molecule has 2 atom stereocenters. The molecule has 0 amide bonds. The molecule has 3 aliphatic rings. The second-order valence-corrected chi connectivity index (χ2v) is 8.55. The average Bonchev–Trinajstić information content (AvgIpc) is 3.42. The van der Waals surface area contributed by atoms with Crippen molar-refractivity contribution in [2.45, 2.75) is 64.0 Å². The van der Waals surface area contributed by atoms with Gasteiger partial charge in [-0.1, -0.05) is 6.92 Å². The lowest BCUT2D eigenvalue weighted by Crippen LogP contribution is -2.44. The van der Waals surface area contributed by atoms with E-state index in [1.807, 2.05) is 11.3 Å². The van der Waals surface area contributed by atoms with Crippen molar-refractivity contribution in [3.8, 4) is 0 Å². The Labute approximate surface area is 132 Å². The van der Waals surface area contributed by atoms with Crippen LogP contribution in [0.2, 0.25) is 0 Å². The lowest BCUT2D eigenvalue weighted by Gasteiger charge is -2.34. The molecule has 2 nitrogen and oxygen atoms in total. The minimum absolute atomic E-state index is 0.361. The van der Waals surface area contributed by atoms with E-state index in [1.165, 1.54) is 49.8 Å². The fourth-order valence-corrected chi connectivity index (χ4v) is 4.99. The number of hydrogen-bond donors (Lipinski definition) is 1. The van der Waals surface area contributed by atoms with Crippen LogP contribution < -0.4 is 5.32 Å². The molecule has 1 aliphatic heterocycles. The monoisotopic (exact) mass is 305 g/mol. The van der Waals surface area contributed by atoms with Crippen molar-refractivity contribution in [1.82, 2.24) is 5.32 Å². The molecular formula is C18H27NOS. The summed E-state index contributed by atoms with van der Waals surface area (Å²) in [4.78, 5) is 3.10. The van der Waals surface area contributed by atoms with Gasteiger partial charge in [-0.15, -0.1) is 11.3 Å². The Kier molecular flexibility index (Phi) is 3.85. The number of aryl methyl sites for hydroxylation is 1. The predicted molar refractivity (Wildman–Crippen MR) is 87.9 cm³/mol. The van der Waals surface area contributed by atoms with Crippen molar-refractivity contribution in [2.75, 3.05) is 13.2 Å². The Hall–Kier alpha value is -0.380. The summed E-state index contributed by atoms with van der Waals surface area (Å²) in [5.74, 6) is 0.846. The summed E-state index contributed by atoms with van der Waals surface area (Å²) in [6.07, 6.45) is 9.68. The largest absolute Gasteiger partial charge is 0.377 e. The van der Waals surface area contributed by atoms with Crippen LogP contribution in [0.15, 0.2) is 12.1 Å². The van der Waals surface area contributed by atoms with Crippen molar-refractivity contribution >= 4 is 11.3 Å². The molecule has 1 aromatic heterocycles. The summed E-state index contributed by atoms with van der Waals surface area (Å²) >= 11 is 2.02. The topological polar surface area (TPSA) is 21.3 Å². The van der Waals surface area contributed by atoms with Crippen molar-refractivity contribution < 1.29 is 4.74 Å².